The van der Waals surface area contributed by atoms with Gasteiger partial charge in [0.1, 0.15) is 17.5 Å². The molecule has 3 rings (SSSR count). The second kappa shape index (κ2) is 10.5. The summed E-state index contributed by atoms with van der Waals surface area (Å²) < 4.78 is 39.9. The van der Waals surface area contributed by atoms with Gasteiger partial charge >= 0.3 is 0 Å². The highest BCUT2D eigenvalue weighted by Gasteiger charge is 2.18. The van der Waals surface area contributed by atoms with E-state index in [0.29, 0.717) is 30.8 Å². The van der Waals surface area contributed by atoms with Crippen molar-refractivity contribution in [2.75, 3.05) is 39.3 Å². The molecule has 2 aromatic carbocycles. The van der Waals surface area contributed by atoms with Gasteiger partial charge in [-0.2, -0.15) is 0 Å². The van der Waals surface area contributed by atoms with E-state index in [4.69, 9.17) is 0 Å². The maximum Gasteiger partial charge on any atom is 0.251 e. The fourth-order valence-electron chi connectivity index (χ4n) is 3.11. The molecule has 1 aliphatic rings. The van der Waals surface area contributed by atoms with Gasteiger partial charge in [0.25, 0.3) is 5.91 Å². The number of hydrogen-bond donors (Lipinski definition) is 1. The Bertz CT molecular complexity index is 781. The largest absolute Gasteiger partial charge is 0.351 e. The van der Waals surface area contributed by atoms with E-state index in [9.17, 15) is 18.0 Å². The van der Waals surface area contributed by atoms with E-state index < -0.39 is 5.82 Å². The van der Waals surface area contributed by atoms with Crippen LogP contribution in [0.15, 0.2) is 42.5 Å². The lowest BCUT2D eigenvalue weighted by Crippen LogP contribution is -2.48. The monoisotopic (exact) mass is 413 g/mol. The second-order valence-electron chi connectivity index (χ2n) is 6.62. The molecular weight excluding hydrogens is 391 g/mol. The molecule has 152 valence electrons. The van der Waals surface area contributed by atoms with E-state index in [2.05, 4.69) is 15.1 Å². The summed E-state index contributed by atoms with van der Waals surface area (Å²) in [5.74, 6) is -1.41. The predicted molar refractivity (Wildman–Crippen MR) is 104 cm³/mol. The number of halogens is 4. The van der Waals surface area contributed by atoms with E-state index in [1.807, 2.05) is 0 Å². The fraction of sp³-hybridized carbons (Fsp3) is 0.350. The van der Waals surface area contributed by atoms with Gasteiger partial charge in [-0.25, -0.2) is 13.2 Å². The minimum absolute atomic E-state index is 0. The van der Waals surface area contributed by atoms with E-state index in [0.717, 1.165) is 38.3 Å². The zero-order valence-corrected chi connectivity index (χ0v) is 16.2. The maximum atomic E-state index is 13.7. The van der Waals surface area contributed by atoms with E-state index in [1.54, 1.807) is 0 Å². The number of carbonyl (C=O) groups excluding carboxylic acids is 1. The van der Waals surface area contributed by atoms with Gasteiger partial charge in [-0.15, -0.1) is 12.4 Å². The van der Waals surface area contributed by atoms with Crippen molar-refractivity contribution in [1.82, 2.24) is 15.1 Å². The maximum absolute atomic E-state index is 13.7. The van der Waals surface area contributed by atoms with Crippen molar-refractivity contribution in [2.45, 2.75) is 6.54 Å². The molecule has 1 heterocycles. The average molecular weight is 414 g/mol. The van der Waals surface area contributed by atoms with E-state index >= 15 is 0 Å². The smallest absolute Gasteiger partial charge is 0.251 e. The average Bonchev–Trinajstić information content (AvgIpc) is 2.66. The summed E-state index contributed by atoms with van der Waals surface area (Å²) in [6.07, 6.45) is 0. The van der Waals surface area contributed by atoms with Gasteiger partial charge < -0.3 is 5.32 Å². The van der Waals surface area contributed by atoms with Crippen molar-refractivity contribution in [3.05, 3.63) is 71.0 Å². The molecule has 1 aliphatic heterocycles. The quantitative estimate of drug-likeness (QED) is 0.790. The van der Waals surface area contributed by atoms with Crippen LogP contribution in [-0.4, -0.2) is 55.0 Å². The van der Waals surface area contributed by atoms with E-state index in [1.165, 1.54) is 30.3 Å². The van der Waals surface area contributed by atoms with Gasteiger partial charge in [-0.1, -0.05) is 0 Å². The lowest BCUT2D eigenvalue weighted by atomic mass is 10.1. The Balaban J connectivity index is 0.00000280. The third-order valence-corrected chi connectivity index (χ3v) is 4.69. The first-order valence-electron chi connectivity index (χ1n) is 8.93. The lowest BCUT2D eigenvalue weighted by molar-refractivity contribution is 0.0933. The first-order valence-corrected chi connectivity index (χ1v) is 8.93. The topological polar surface area (TPSA) is 35.6 Å². The normalized spacial score (nSPS) is 15.1. The minimum atomic E-state index is -0.429. The number of nitrogens with zero attached hydrogens (tertiary/aromatic N) is 2. The van der Waals surface area contributed by atoms with Crippen LogP contribution >= 0.6 is 12.4 Å². The molecule has 28 heavy (non-hydrogen) atoms. The van der Waals surface area contributed by atoms with Crippen molar-refractivity contribution in [1.29, 1.82) is 0 Å². The van der Waals surface area contributed by atoms with Crippen LogP contribution in [0.1, 0.15) is 15.9 Å². The predicted octanol–water partition coefficient (Wildman–Crippen LogP) is 3.07. The number of hydrogen-bond acceptors (Lipinski definition) is 3. The summed E-state index contributed by atoms with van der Waals surface area (Å²) in [5.41, 5.74) is 0.799. The van der Waals surface area contributed by atoms with Crippen LogP contribution < -0.4 is 5.32 Å². The summed E-state index contributed by atoms with van der Waals surface area (Å²) in [6.45, 7) is 4.68. The number of benzene rings is 2. The van der Waals surface area contributed by atoms with Crippen molar-refractivity contribution < 1.29 is 18.0 Å². The van der Waals surface area contributed by atoms with Gasteiger partial charge in [-0.3, -0.25) is 14.6 Å². The molecule has 0 spiro atoms. The van der Waals surface area contributed by atoms with Gasteiger partial charge in [-0.05, 0) is 42.5 Å². The van der Waals surface area contributed by atoms with Gasteiger partial charge in [0, 0.05) is 56.9 Å². The molecule has 0 aliphatic carbocycles. The highest BCUT2D eigenvalue weighted by atomic mass is 35.5. The van der Waals surface area contributed by atoms with Crippen molar-refractivity contribution in [3.63, 3.8) is 0 Å². The van der Waals surface area contributed by atoms with Gasteiger partial charge in [0.15, 0.2) is 0 Å². The molecular formula is C20H23ClF3N3O. The molecule has 0 aromatic heterocycles. The van der Waals surface area contributed by atoms with Crippen molar-refractivity contribution in [2.24, 2.45) is 0 Å². The molecule has 0 atom stereocenters. The second-order valence-corrected chi connectivity index (χ2v) is 6.62. The molecule has 4 nitrogen and oxygen atoms in total. The van der Waals surface area contributed by atoms with Crippen molar-refractivity contribution >= 4 is 18.3 Å². The molecule has 0 saturated carbocycles. The number of nitrogens with one attached hydrogen (secondary N) is 1. The third-order valence-electron chi connectivity index (χ3n) is 4.69. The summed E-state index contributed by atoms with van der Waals surface area (Å²) in [4.78, 5) is 16.3. The standard InChI is InChI=1S/C20H22F3N3O.ClH/c21-17-3-1-15(2-4-17)20(27)24-7-8-25-9-11-26(12-10-25)14-16-13-18(22)5-6-19(16)23;/h1-6,13H,7-12,14H2,(H,24,27);1H. The summed E-state index contributed by atoms with van der Waals surface area (Å²) >= 11 is 0. The number of rotatable bonds is 6. The van der Waals surface area contributed by atoms with Gasteiger partial charge in [0.2, 0.25) is 0 Å². The molecule has 1 N–H and O–H groups in total. The van der Waals surface area contributed by atoms with Crippen LogP contribution in [0.5, 0.6) is 0 Å². The van der Waals surface area contributed by atoms with Crippen LogP contribution in [0.25, 0.3) is 0 Å². The van der Waals surface area contributed by atoms with Crippen LogP contribution in [0.3, 0.4) is 0 Å². The molecule has 1 saturated heterocycles. The highest BCUT2D eigenvalue weighted by molar-refractivity contribution is 5.94. The van der Waals surface area contributed by atoms with Crippen LogP contribution in [0.2, 0.25) is 0 Å². The molecule has 2 aromatic rings. The summed E-state index contributed by atoms with van der Waals surface area (Å²) in [7, 11) is 0. The highest BCUT2D eigenvalue weighted by Crippen LogP contribution is 2.14. The van der Waals surface area contributed by atoms with Crippen molar-refractivity contribution in [3.8, 4) is 0 Å². The first kappa shape index (κ1) is 22.2. The molecule has 0 bridgehead atoms. The van der Waals surface area contributed by atoms with E-state index in [-0.39, 0.29) is 29.9 Å². The number of amides is 1. The Morgan fingerprint density at radius 1 is 0.893 bits per heavy atom. The molecule has 1 amide bonds. The number of carbonyl (C=O) groups is 1. The van der Waals surface area contributed by atoms with Gasteiger partial charge in [0.05, 0.1) is 0 Å². The summed E-state index contributed by atoms with van der Waals surface area (Å²) in [5, 5.41) is 2.82. The third kappa shape index (κ3) is 6.22. The Morgan fingerprint density at radius 2 is 1.50 bits per heavy atom. The molecule has 1 fully saturated rings. The summed E-state index contributed by atoms with van der Waals surface area (Å²) in [6, 6.07) is 8.95. The Morgan fingerprint density at radius 3 is 2.18 bits per heavy atom. The van der Waals surface area contributed by atoms with Crippen LogP contribution in [0, 0.1) is 17.5 Å². The Labute approximate surface area is 168 Å². The molecule has 0 unspecified atom stereocenters. The van der Waals surface area contributed by atoms with Crippen LogP contribution in [0.4, 0.5) is 13.2 Å². The SMILES string of the molecule is Cl.O=C(NCCN1CCN(Cc2cc(F)ccc2F)CC1)c1ccc(F)cc1. The molecule has 8 heteroatoms. The fourth-order valence-corrected chi connectivity index (χ4v) is 3.11. The zero-order chi connectivity index (χ0) is 19.2. The van der Waals surface area contributed by atoms with Crippen LogP contribution in [-0.2, 0) is 6.54 Å². The molecule has 0 radical (unpaired) electrons. The minimum Gasteiger partial charge on any atom is -0.351 e. The Kier molecular flexibility index (Phi) is 8.29. The number of piperazine rings is 1. The zero-order valence-electron chi connectivity index (χ0n) is 15.3. The lowest BCUT2D eigenvalue weighted by Gasteiger charge is -2.34. The first-order chi connectivity index (χ1) is 13.0. The Hall–Kier alpha value is -2.09.